The molecule has 1 rings (SSSR count). The number of aliphatic imine (C=N–C) groups is 1. The van der Waals surface area contributed by atoms with Crippen molar-refractivity contribution in [2.45, 2.75) is 64.4 Å². The molecule has 0 aromatic carbocycles. The molecule has 0 aliphatic heterocycles. The number of nitrogens with zero attached hydrogens (tertiary/aromatic N) is 1. The van der Waals surface area contributed by atoms with Crippen LogP contribution in [0, 0.1) is 0 Å². The van der Waals surface area contributed by atoms with Crippen LogP contribution in [-0.4, -0.2) is 52.0 Å². The Morgan fingerprint density at radius 1 is 1.00 bits per heavy atom. The van der Waals surface area contributed by atoms with Gasteiger partial charge in [-0.2, -0.15) is 0 Å². The maximum absolute atomic E-state index is 5.96. The summed E-state index contributed by atoms with van der Waals surface area (Å²) >= 11 is 0. The van der Waals surface area contributed by atoms with Gasteiger partial charge in [0.05, 0.1) is 19.3 Å². The third-order valence-corrected chi connectivity index (χ3v) is 3.95. The molecule has 0 aromatic heterocycles. The van der Waals surface area contributed by atoms with Crippen molar-refractivity contribution in [1.29, 1.82) is 0 Å². The highest BCUT2D eigenvalue weighted by Gasteiger charge is 2.11. The summed E-state index contributed by atoms with van der Waals surface area (Å²) < 4.78 is 11.5. The van der Waals surface area contributed by atoms with Crippen molar-refractivity contribution in [2.75, 3.05) is 40.0 Å². The van der Waals surface area contributed by atoms with Crippen molar-refractivity contribution >= 4 is 5.96 Å². The zero-order valence-electron chi connectivity index (χ0n) is 14.5. The highest BCUT2D eigenvalue weighted by molar-refractivity contribution is 5.79. The maximum Gasteiger partial charge on any atom is 0.191 e. The first-order valence-electron chi connectivity index (χ1n) is 9.00. The van der Waals surface area contributed by atoms with E-state index in [4.69, 9.17) is 9.47 Å². The fourth-order valence-electron chi connectivity index (χ4n) is 2.61. The Morgan fingerprint density at radius 3 is 2.32 bits per heavy atom. The lowest BCUT2D eigenvalue weighted by Gasteiger charge is -2.16. The van der Waals surface area contributed by atoms with Gasteiger partial charge in [0.1, 0.15) is 0 Å². The Labute approximate surface area is 136 Å². The fourth-order valence-corrected chi connectivity index (χ4v) is 2.61. The Hall–Kier alpha value is -0.810. The first kappa shape index (κ1) is 19.2. The second-order valence-electron chi connectivity index (χ2n) is 5.88. The van der Waals surface area contributed by atoms with Gasteiger partial charge in [-0.1, -0.05) is 39.0 Å². The van der Waals surface area contributed by atoms with E-state index in [0.717, 1.165) is 45.3 Å². The minimum absolute atomic E-state index is 0.464. The van der Waals surface area contributed by atoms with E-state index in [-0.39, 0.29) is 0 Å². The summed E-state index contributed by atoms with van der Waals surface area (Å²) in [6.07, 6.45) is 10.6. The van der Waals surface area contributed by atoms with Crippen LogP contribution in [0.3, 0.4) is 0 Å². The second-order valence-corrected chi connectivity index (χ2v) is 5.88. The molecule has 1 fully saturated rings. The molecular formula is C17H35N3O2. The molecule has 0 aromatic rings. The first-order chi connectivity index (χ1) is 10.9. The van der Waals surface area contributed by atoms with Crippen molar-refractivity contribution in [3.05, 3.63) is 0 Å². The molecule has 0 atom stereocenters. The lowest BCUT2D eigenvalue weighted by atomic mass is 10.1. The summed E-state index contributed by atoms with van der Waals surface area (Å²) in [5.41, 5.74) is 0. The summed E-state index contributed by atoms with van der Waals surface area (Å²) in [6.45, 7) is 6.07. The van der Waals surface area contributed by atoms with E-state index in [0.29, 0.717) is 6.10 Å². The van der Waals surface area contributed by atoms with Gasteiger partial charge in [0, 0.05) is 26.7 Å². The second kappa shape index (κ2) is 13.8. The third kappa shape index (κ3) is 10.0. The molecular weight excluding hydrogens is 278 g/mol. The highest BCUT2D eigenvalue weighted by Crippen LogP contribution is 2.19. The zero-order chi connectivity index (χ0) is 15.9. The molecule has 130 valence electrons. The molecule has 5 nitrogen and oxygen atoms in total. The van der Waals surface area contributed by atoms with Gasteiger partial charge in [0.15, 0.2) is 5.96 Å². The third-order valence-electron chi connectivity index (χ3n) is 3.95. The van der Waals surface area contributed by atoms with Crippen LogP contribution < -0.4 is 10.6 Å². The van der Waals surface area contributed by atoms with E-state index in [1.165, 1.54) is 44.9 Å². The van der Waals surface area contributed by atoms with Crippen molar-refractivity contribution in [3.63, 3.8) is 0 Å². The summed E-state index contributed by atoms with van der Waals surface area (Å²) in [7, 11) is 1.79. The van der Waals surface area contributed by atoms with Crippen LogP contribution in [0.5, 0.6) is 0 Å². The van der Waals surface area contributed by atoms with E-state index in [1.807, 2.05) is 0 Å². The van der Waals surface area contributed by atoms with Crippen LogP contribution in [0.2, 0.25) is 0 Å². The minimum Gasteiger partial charge on any atom is -0.380 e. The predicted octanol–water partition coefficient (Wildman–Crippen LogP) is 2.71. The number of hydrogen-bond donors (Lipinski definition) is 2. The molecule has 0 unspecified atom stereocenters. The van der Waals surface area contributed by atoms with Gasteiger partial charge < -0.3 is 20.1 Å². The van der Waals surface area contributed by atoms with Crippen molar-refractivity contribution < 1.29 is 9.47 Å². The van der Waals surface area contributed by atoms with Gasteiger partial charge in [0.25, 0.3) is 0 Å². The molecule has 0 bridgehead atoms. The van der Waals surface area contributed by atoms with E-state index < -0.39 is 0 Å². The fraction of sp³-hybridized carbons (Fsp3) is 0.941. The Bertz CT molecular complexity index is 277. The molecule has 5 heteroatoms. The molecule has 0 saturated heterocycles. The average Bonchev–Trinajstić information content (AvgIpc) is 2.81. The van der Waals surface area contributed by atoms with Gasteiger partial charge >= 0.3 is 0 Å². The van der Waals surface area contributed by atoms with Gasteiger partial charge in [-0.15, -0.1) is 0 Å². The minimum atomic E-state index is 0.464. The molecule has 0 spiro atoms. The summed E-state index contributed by atoms with van der Waals surface area (Å²) in [6, 6.07) is 0. The maximum atomic E-state index is 5.96. The monoisotopic (exact) mass is 313 g/mol. The van der Waals surface area contributed by atoms with E-state index in [9.17, 15) is 0 Å². The topological polar surface area (TPSA) is 54.9 Å². The van der Waals surface area contributed by atoms with Crippen molar-refractivity contribution in [2.24, 2.45) is 4.99 Å². The van der Waals surface area contributed by atoms with E-state index in [1.54, 1.807) is 7.05 Å². The lowest BCUT2D eigenvalue weighted by Crippen LogP contribution is -2.40. The molecule has 0 radical (unpaired) electrons. The molecule has 1 aliphatic rings. The standard InChI is InChI=1S/C17H35N3O2/c1-3-4-13-21-14-11-19-17(18-2)20-12-15-22-16-9-7-5-6-8-10-16/h16H,3-15H2,1-2H3,(H2,18,19,20). The van der Waals surface area contributed by atoms with Crippen LogP contribution in [0.1, 0.15) is 58.3 Å². The summed E-state index contributed by atoms with van der Waals surface area (Å²) in [4.78, 5) is 4.20. The molecule has 0 heterocycles. The number of hydrogen-bond acceptors (Lipinski definition) is 3. The van der Waals surface area contributed by atoms with Crippen LogP contribution in [0.15, 0.2) is 4.99 Å². The molecule has 0 amide bonds. The quantitative estimate of drug-likeness (QED) is 0.282. The van der Waals surface area contributed by atoms with Crippen molar-refractivity contribution in [3.8, 4) is 0 Å². The van der Waals surface area contributed by atoms with Gasteiger partial charge in [-0.25, -0.2) is 0 Å². The zero-order valence-corrected chi connectivity index (χ0v) is 14.5. The Morgan fingerprint density at radius 2 is 1.68 bits per heavy atom. The molecule has 1 saturated carbocycles. The molecule has 1 aliphatic carbocycles. The normalized spacial score (nSPS) is 17.3. The van der Waals surface area contributed by atoms with Crippen LogP contribution in [-0.2, 0) is 9.47 Å². The SMILES string of the molecule is CCCCOCCNC(=NC)NCCOC1CCCCCC1. The van der Waals surface area contributed by atoms with Gasteiger partial charge in [-0.05, 0) is 19.3 Å². The Balaban J connectivity index is 1.98. The summed E-state index contributed by atoms with van der Waals surface area (Å²) in [5.74, 6) is 0.823. The molecule has 22 heavy (non-hydrogen) atoms. The summed E-state index contributed by atoms with van der Waals surface area (Å²) in [5, 5.41) is 6.54. The van der Waals surface area contributed by atoms with E-state index >= 15 is 0 Å². The number of ether oxygens (including phenoxy) is 2. The van der Waals surface area contributed by atoms with Gasteiger partial charge in [0.2, 0.25) is 0 Å². The van der Waals surface area contributed by atoms with E-state index in [2.05, 4.69) is 22.5 Å². The van der Waals surface area contributed by atoms with Crippen LogP contribution in [0.25, 0.3) is 0 Å². The van der Waals surface area contributed by atoms with Crippen LogP contribution >= 0.6 is 0 Å². The highest BCUT2D eigenvalue weighted by atomic mass is 16.5. The lowest BCUT2D eigenvalue weighted by molar-refractivity contribution is 0.0468. The largest absolute Gasteiger partial charge is 0.380 e. The average molecular weight is 313 g/mol. The van der Waals surface area contributed by atoms with Crippen molar-refractivity contribution in [1.82, 2.24) is 10.6 Å². The van der Waals surface area contributed by atoms with Crippen LogP contribution in [0.4, 0.5) is 0 Å². The predicted molar refractivity (Wildman–Crippen MR) is 92.5 cm³/mol. The number of nitrogens with one attached hydrogen (secondary N) is 2. The number of rotatable bonds is 10. The number of guanidine groups is 1. The number of unbranched alkanes of at least 4 members (excludes halogenated alkanes) is 1. The molecule has 2 N–H and O–H groups in total. The Kier molecular flexibility index (Phi) is 12.1. The first-order valence-corrected chi connectivity index (χ1v) is 9.00. The smallest absolute Gasteiger partial charge is 0.191 e. The van der Waals surface area contributed by atoms with Gasteiger partial charge in [-0.3, -0.25) is 4.99 Å².